The number of carbonyl (C=O) groups excluding carboxylic acids is 1. The van der Waals surface area contributed by atoms with E-state index in [1.165, 1.54) is 0 Å². The Morgan fingerprint density at radius 1 is 1.55 bits per heavy atom. The van der Waals surface area contributed by atoms with Gasteiger partial charge < -0.3 is 25.2 Å². The first-order valence-electron chi connectivity index (χ1n) is 5.92. The third kappa shape index (κ3) is 2.94. The molecular formula is C6H12O5. The Hall–Kier alpha value is -0.490. The average Bonchev–Trinajstić information content (AvgIpc) is 2.34. The van der Waals surface area contributed by atoms with Crippen molar-refractivity contribution in [3.63, 3.8) is 0 Å². The van der Waals surface area contributed by atoms with Gasteiger partial charge in [-0.15, -0.1) is 0 Å². The summed E-state index contributed by atoms with van der Waals surface area (Å²) in [5, 5.41) is 20.4. The second kappa shape index (κ2) is 4.40. The van der Waals surface area contributed by atoms with Gasteiger partial charge in [0.1, 0.15) is 19.6 Å². The molecule has 0 aromatic carbocycles. The van der Waals surface area contributed by atoms with E-state index in [9.17, 15) is 9.90 Å². The normalized spacial score (nSPS) is 39.3. The van der Waals surface area contributed by atoms with E-state index in [0.29, 0.717) is 0 Å². The van der Waals surface area contributed by atoms with Crippen LogP contribution in [-0.4, -0.2) is 55.3 Å². The zero-order valence-corrected chi connectivity index (χ0v) is 5.66. The fourth-order valence-electron chi connectivity index (χ4n) is 0.348. The highest BCUT2D eigenvalue weighted by atomic mass is 16.4. The maximum atomic E-state index is 11.0. The van der Waals surface area contributed by atoms with E-state index in [2.05, 4.69) is 15.3 Å². The van der Waals surface area contributed by atoms with Crippen LogP contribution in [0.3, 0.4) is 0 Å². The highest BCUT2D eigenvalue weighted by molar-refractivity contribution is 5.56. The van der Waals surface area contributed by atoms with Crippen LogP contribution in [-0.2, 0) is 4.79 Å². The summed E-state index contributed by atoms with van der Waals surface area (Å²) in [5.74, 6) is 0. The van der Waals surface area contributed by atoms with Crippen LogP contribution in [0.4, 0.5) is 0 Å². The molecule has 66 valence electrons. The predicted octanol–water partition coefficient (Wildman–Crippen LogP) is -2.35. The molecule has 0 radical (unpaired) electrons. The molecule has 0 aliphatic heterocycles. The Morgan fingerprint density at radius 3 is 2.45 bits per heavy atom. The number of hydrogen-bond acceptors (Lipinski definition) is 5. The van der Waals surface area contributed by atoms with Crippen molar-refractivity contribution in [1.29, 1.82) is 4.29 Å². The van der Waals surface area contributed by atoms with Gasteiger partial charge in [0.15, 0.2) is 6.26 Å². The van der Waals surface area contributed by atoms with Gasteiger partial charge in [-0.1, -0.05) is 0 Å². The second-order valence-corrected chi connectivity index (χ2v) is 1.80. The summed E-state index contributed by atoms with van der Waals surface area (Å²) in [7, 11) is 0. The van der Waals surface area contributed by atoms with E-state index in [-0.39, 0.29) is 0 Å². The average molecular weight is 171 g/mol. The Morgan fingerprint density at radius 2 is 2.18 bits per heavy atom. The molecule has 4 N–H and O–H groups in total. The van der Waals surface area contributed by atoms with Crippen molar-refractivity contribution in [3.8, 4) is 0 Å². The minimum atomic E-state index is -3.48. The van der Waals surface area contributed by atoms with E-state index in [4.69, 9.17) is 9.78 Å². The number of aliphatic hydroxyl groups is 4. The molecule has 0 rings (SSSR count). The van der Waals surface area contributed by atoms with Gasteiger partial charge >= 0.3 is 0 Å². The van der Waals surface area contributed by atoms with Crippen molar-refractivity contribution in [2.24, 2.45) is 0 Å². The molecule has 0 saturated carbocycles. The summed E-state index contributed by atoms with van der Waals surface area (Å²) < 4.78 is 49.0. The van der Waals surface area contributed by atoms with E-state index in [1.54, 1.807) is 0 Å². The number of rotatable bonds is 7. The first kappa shape index (κ1) is 3.49. The molecule has 0 aromatic heterocycles. The third-order valence-electron chi connectivity index (χ3n) is 0.902. The van der Waals surface area contributed by atoms with Crippen molar-refractivity contribution in [1.82, 2.24) is 0 Å². The highest BCUT2D eigenvalue weighted by Crippen LogP contribution is 2.02. The lowest BCUT2D eigenvalue weighted by atomic mass is 10.1. The lowest BCUT2D eigenvalue weighted by Crippen LogP contribution is -2.43. The monoisotopic (exact) mass is 171 g/mol. The molecule has 0 amide bonds. The molecule has 0 spiro atoms. The van der Waals surface area contributed by atoms with Crippen molar-refractivity contribution < 1.29 is 30.7 Å². The molecule has 0 unspecified atom stereocenters. The van der Waals surface area contributed by atoms with Gasteiger partial charge in [0.05, 0.1) is 10.2 Å². The Balaban J connectivity index is 5.96. The van der Waals surface area contributed by atoms with E-state index in [0.717, 1.165) is 6.92 Å². The molecule has 5 nitrogen and oxygen atoms in total. The molecule has 0 heterocycles. The maximum absolute atomic E-state index is 11.0. The molecule has 11 heavy (non-hydrogen) atoms. The van der Waals surface area contributed by atoms with E-state index in [1.807, 2.05) is 0 Å². The van der Waals surface area contributed by atoms with Crippen LogP contribution < -0.4 is 0 Å². The number of aldehydes is 1. The van der Waals surface area contributed by atoms with Crippen LogP contribution in [0, 0.1) is 0 Å². The van der Waals surface area contributed by atoms with Crippen molar-refractivity contribution >= 4 is 6.26 Å². The number of aliphatic hydroxyl groups excluding tert-OH is 1. The van der Waals surface area contributed by atoms with Crippen molar-refractivity contribution in [2.75, 3.05) is 0 Å². The van der Waals surface area contributed by atoms with Gasteiger partial charge in [0.2, 0.25) is 4.29 Å². The highest BCUT2D eigenvalue weighted by Gasteiger charge is 2.27. The van der Waals surface area contributed by atoms with Crippen LogP contribution >= 0.6 is 0 Å². The lowest BCUT2D eigenvalue weighted by Gasteiger charge is -2.21. The molecular weight excluding hydrogens is 152 g/mol. The molecule has 0 saturated heterocycles. The smallest absolute Gasteiger partial charge is 0.211 e. The molecule has 4 atom stereocenters. The van der Waals surface area contributed by atoms with Crippen LogP contribution in [0.25, 0.3) is 0 Å². The zero-order chi connectivity index (χ0) is 14.8. The topological polar surface area (TPSA) is 98.0 Å². The minimum absolute atomic E-state index is 0.878. The molecule has 5 heteroatoms. The maximum Gasteiger partial charge on any atom is 0.211 e. The van der Waals surface area contributed by atoms with Gasteiger partial charge in [-0.3, -0.25) is 0 Å². The van der Waals surface area contributed by atoms with Gasteiger partial charge in [-0.2, -0.15) is 0 Å². The fourth-order valence-corrected chi connectivity index (χ4v) is 0.348. The van der Waals surface area contributed by atoms with Gasteiger partial charge in [0.25, 0.3) is 0 Å². The summed E-state index contributed by atoms with van der Waals surface area (Å²) in [4.78, 5) is 11.0. The van der Waals surface area contributed by atoms with Crippen molar-refractivity contribution in [3.05, 3.63) is 0 Å². The van der Waals surface area contributed by atoms with Gasteiger partial charge in [0, 0.05) is 0 Å². The Kier molecular flexibility index (Phi) is 1.40. The zero-order valence-electron chi connectivity index (χ0n) is 12.7. The first-order chi connectivity index (χ1) is 8.07. The molecule has 0 aliphatic carbocycles. The number of carbonyl (C=O) groups is 1. The fraction of sp³-hybridized carbons (Fsp3) is 0.833. The summed E-state index contributed by atoms with van der Waals surface area (Å²) in [5.41, 5.74) is 0. The van der Waals surface area contributed by atoms with Crippen LogP contribution in [0.1, 0.15) is 12.4 Å². The summed E-state index contributed by atoms with van der Waals surface area (Å²) in [6.45, 7) is 0.878. The van der Waals surface area contributed by atoms with Gasteiger partial charge in [-0.25, -0.2) is 0 Å². The summed E-state index contributed by atoms with van der Waals surface area (Å²) >= 11 is 0. The molecule has 0 bridgehead atoms. The first-order valence-corrected chi connectivity index (χ1v) is 2.69. The van der Waals surface area contributed by atoms with Gasteiger partial charge in [-0.05, 0) is 6.92 Å². The van der Waals surface area contributed by atoms with E-state index >= 15 is 0 Å². The molecule has 0 fully saturated rings. The van der Waals surface area contributed by atoms with Crippen LogP contribution in [0.15, 0.2) is 0 Å². The van der Waals surface area contributed by atoms with Crippen LogP contribution in [0.5, 0.6) is 0 Å². The Bertz CT molecular complexity index is 317. The standard InChI is InChI=1S/C6H12O5/c1-3(8)5(10)6(11)4(9)2-7/h2-6,8-11H,1H3/t3-,4-,5-,6-/m0/s1/i2D,4D,5D,6D,9D,10D,11D. The molecule has 0 aliphatic rings. The van der Waals surface area contributed by atoms with Crippen LogP contribution in [0.2, 0.25) is 0 Å². The number of hydrogen-bond donors (Lipinski definition) is 4. The molecule has 0 aromatic rings. The second-order valence-electron chi connectivity index (χ2n) is 1.80. The lowest BCUT2D eigenvalue weighted by molar-refractivity contribution is -0.132. The predicted molar refractivity (Wildman–Crippen MR) is 35.8 cm³/mol. The quantitative estimate of drug-likeness (QED) is 0.321. The van der Waals surface area contributed by atoms with Crippen molar-refractivity contribution in [2.45, 2.75) is 31.3 Å². The Labute approximate surface area is 74.0 Å². The summed E-state index contributed by atoms with van der Waals surface area (Å²) in [6.07, 6.45) is -14.0. The minimum Gasteiger partial charge on any atom is -0.391 e. The largest absolute Gasteiger partial charge is 0.391 e. The third-order valence-corrected chi connectivity index (χ3v) is 0.902. The SMILES string of the molecule is [2H]O[C@@]([2H])([C@@]([2H])(O[2H])C([2H])=O)[C@@]([2H])(O[2H])[C@H](C)O. The van der Waals surface area contributed by atoms with E-state index < -0.39 is 30.6 Å². The summed E-state index contributed by atoms with van der Waals surface area (Å²) in [6, 6.07) is 0.